The molecule has 4 rings (SSSR count). The van der Waals surface area contributed by atoms with Gasteiger partial charge in [0.05, 0.1) is 22.5 Å². The van der Waals surface area contributed by atoms with E-state index in [2.05, 4.69) is 46.9 Å². The Labute approximate surface area is 176 Å². The van der Waals surface area contributed by atoms with Crippen molar-refractivity contribution in [2.45, 2.75) is 20.4 Å². The van der Waals surface area contributed by atoms with E-state index in [-0.39, 0.29) is 5.91 Å². The van der Waals surface area contributed by atoms with Crippen LogP contribution < -0.4 is 4.90 Å². The molecule has 4 nitrogen and oxygen atoms in total. The fourth-order valence-corrected chi connectivity index (χ4v) is 4.67. The molecule has 0 saturated heterocycles. The van der Waals surface area contributed by atoms with Crippen molar-refractivity contribution in [2.24, 2.45) is 0 Å². The number of anilines is 1. The molecule has 0 N–H and O–H groups in total. The predicted octanol–water partition coefficient (Wildman–Crippen LogP) is 5.92. The van der Waals surface area contributed by atoms with Crippen LogP contribution in [0.25, 0.3) is 10.2 Å². The second kappa shape index (κ2) is 7.81. The summed E-state index contributed by atoms with van der Waals surface area (Å²) in [5.41, 5.74) is 4.68. The van der Waals surface area contributed by atoms with E-state index in [1.54, 1.807) is 11.1 Å². The molecule has 0 spiro atoms. The molecule has 2 heterocycles. The van der Waals surface area contributed by atoms with Crippen LogP contribution in [0.4, 0.5) is 5.13 Å². The number of nitrogens with zero attached hydrogens (tertiary/aromatic N) is 3. The first-order valence-corrected chi connectivity index (χ1v) is 10.5. The lowest BCUT2D eigenvalue weighted by molar-refractivity contribution is 0.0984. The van der Waals surface area contributed by atoms with Crippen molar-refractivity contribution in [3.63, 3.8) is 0 Å². The smallest absolute Gasteiger partial charge is 0.260 e. The van der Waals surface area contributed by atoms with Gasteiger partial charge in [0.2, 0.25) is 0 Å². The molecule has 0 atom stereocenters. The maximum absolute atomic E-state index is 13.4. The van der Waals surface area contributed by atoms with Crippen LogP contribution >= 0.6 is 27.3 Å². The van der Waals surface area contributed by atoms with Crippen LogP contribution in [0, 0.1) is 13.8 Å². The van der Waals surface area contributed by atoms with E-state index >= 15 is 0 Å². The van der Waals surface area contributed by atoms with Gasteiger partial charge in [0.1, 0.15) is 0 Å². The second-order valence-electron chi connectivity index (χ2n) is 6.65. The number of amides is 1. The Morgan fingerprint density at radius 3 is 2.71 bits per heavy atom. The number of carbonyl (C=O) groups is 1. The summed E-state index contributed by atoms with van der Waals surface area (Å²) < 4.78 is 1.95. The number of carbonyl (C=O) groups excluding carboxylic acids is 1. The highest BCUT2D eigenvalue weighted by molar-refractivity contribution is 9.10. The molecule has 6 heteroatoms. The molecule has 2 aromatic heterocycles. The number of benzene rings is 2. The summed E-state index contributed by atoms with van der Waals surface area (Å²) in [7, 11) is 0. The second-order valence-corrected chi connectivity index (χ2v) is 8.57. The number of aryl methyl sites for hydroxylation is 2. The van der Waals surface area contributed by atoms with Crippen LogP contribution in [-0.4, -0.2) is 15.9 Å². The van der Waals surface area contributed by atoms with Crippen molar-refractivity contribution >= 4 is 48.5 Å². The molecule has 0 bridgehead atoms. The van der Waals surface area contributed by atoms with Gasteiger partial charge in [0.25, 0.3) is 5.91 Å². The number of pyridine rings is 1. The molecule has 0 aliphatic heterocycles. The zero-order valence-corrected chi connectivity index (χ0v) is 17.9. The Morgan fingerprint density at radius 1 is 1.11 bits per heavy atom. The Morgan fingerprint density at radius 2 is 1.96 bits per heavy atom. The molecule has 4 aromatic rings. The Kier molecular flexibility index (Phi) is 5.24. The normalized spacial score (nSPS) is 11.0. The molecule has 0 aliphatic carbocycles. The maximum atomic E-state index is 13.4. The van der Waals surface area contributed by atoms with E-state index in [0.29, 0.717) is 17.2 Å². The zero-order valence-electron chi connectivity index (χ0n) is 15.5. The Hall–Kier alpha value is -2.57. The fraction of sp³-hybridized carbons (Fsp3) is 0.136. The van der Waals surface area contributed by atoms with Crippen LogP contribution in [0.3, 0.4) is 0 Å². The molecule has 0 aliphatic rings. The molecule has 140 valence electrons. The van der Waals surface area contributed by atoms with Gasteiger partial charge in [-0.15, -0.1) is 0 Å². The van der Waals surface area contributed by atoms with Crippen LogP contribution in [0.5, 0.6) is 0 Å². The topological polar surface area (TPSA) is 46.1 Å². The van der Waals surface area contributed by atoms with Gasteiger partial charge < -0.3 is 0 Å². The Bertz CT molecular complexity index is 1160. The fourth-order valence-electron chi connectivity index (χ4n) is 3.13. The van der Waals surface area contributed by atoms with E-state index in [1.807, 2.05) is 42.5 Å². The number of fused-ring (bicyclic) bond motifs is 1. The molecule has 2 aromatic carbocycles. The van der Waals surface area contributed by atoms with Gasteiger partial charge in [-0.1, -0.05) is 45.5 Å². The summed E-state index contributed by atoms with van der Waals surface area (Å²) in [4.78, 5) is 24.3. The third-order valence-electron chi connectivity index (χ3n) is 4.41. The lowest BCUT2D eigenvalue weighted by Gasteiger charge is -2.19. The highest BCUT2D eigenvalue weighted by Gasteiger charge is 2.23. The SMILES string of the molecule is Cc1cc(C)c2nc(N(Cc3ccccn3)C(=O)c3cccc(Br)c3)sc2c1. The number of hydrogen-bond donors (Lipinski definition) is 0. The van der Waals surface area contributed by atoms with Gasteiger partial charge in [-0.05, 0) is 61.4 Å². The first-order chi connectivity index (χ1) is 13.5. The van der Waals surface area contributed by atoms with Gasteiger partial charge in [-0.2, -0.15) is 0 Å². The zero-order chi connectivity index (χ0) is 19.7. The van der Waals surface area contributed by atoms with Crippen molar-refractivity contribution in [1.82, 2.24) is 9.97 Å². The van der Waals surface area contributed by atoms with Gasteiger partial charge in [0.15, 0.2) is 5.13 Å². The molecular weight excluding hydrogens is 434 g/mol. The van der Waals surface area contributed by atoms with Gasteiger partial charge in [0, 0.05) is 16.2 Å². The molecule has 1 amide bonds. The van der Waals surface area contributed by atoms with E-state index < -0.39 is 0 Å². The summed E-state index contributed by atoms with van der Waals surface area (Å²) in [6, 6.07) is 17.4. The molecule has 0 unspecified atom stereocenters. The standard InChI is InChI=1S/C22H18BrN3OS/c1-14-10-15(2)20-19(11-14)28-22(25-20)26(13-18-8-3-4-9-24-18)21(27)16-6-5-7-17(23)12-16/h3-12H,13H2,1-2H3. The van der Waals surface area contributed by atoms with E-state index in [9.17, 15) is 4.79 Å². The van der Waals surface area contributed by atoms with Crippen molar-refractivity contribution in [2.75, 3.05) is 4.90 Å². The minimum Gasteiger partial charge on any atom is -0.278 e. The summed E-state index contributed by atoms with van der Waals surface area (Å²) in [6.07, 6.45) is 1.74. The molecule has 0 fully saturated rings. The van der Waals surface area contributed by atoms with Gasteiger partial charge >= 0.3 is 0 Å². The number of halogens is 1. The predicted molar refractivity (Wildman–Crippen MR) is 118 cm³/mol. The molecule has 0 radical (unpaired) electrons. The van der Waals surface area contributed by atoms with Crippen LogP contribution in [0.2, 0.25) is 0 Å². The largest absolute Gasteiger partial charge is 0.278 e. The van der Waals surface area contributed by atoms with Crippen LogP contribution in [0.1, 0.15) is 27.2 Å². The minimum absolute atomic E-state index is 0.0969. The highest BCUT2D eigenvalue weighted by atomic mass is 79.9. The van der Waals surface area contributed by atoms with Crippen molar-refractivity contribution in [1.29, 1.82) is 0 Å². The molecule has 0 saturated carbocycles. The number of hydrogen-bond acceptors (Lipinski definition) is 4. The minimum atomic E-state index is -0.0969. The lowest BCUT2D eigenvalue weighted by Crippen LogP contribution is -2.30. The summed E-state index contributed by atoms with van der Waals surface area (Å²) in [5, 5.41) is 0.680. The maximum Gasteiger partial charge on any atom is 0.260 e. The third kappa shape index (κ3) is 3.84. The summed E-state index contributed by atoms with van der Waals surface area (Å²) in [6.45, 7) is 4.49. The number of thiazole rings is 1. The van der Waals surface area contributed by atoms with Gasteiger partial charge in [-0.3, -0.25) is 14.7 Å². The average Bonchev–Trinajstić information content (AvgIpc) is 3.10. The quantitative estimate of drug-likeness (QED) is 0.386. The van der Waals surface area contributed by atoms with E-state index in [1.165, 1.54) is 16.9 Å². The number of aromatic nitrogens is 2. The molecule has 28 heavy (non-hydrogen) atoms. The van der Waals surface area contributed by atoms with E-state index in [0.717, 1.165) is 25.9 Å². The Balaban J connectivity index is 1.80. The van der Waals surface area contributed by atoms with Crippen molar-refractivity contribution < 1.29 is 4.79 Å². The number of rotatable bonds is 4. The first kappa shape index (κ1) is 18.8. The first-order valence-electron chi connectivity index (χ1n) is 8.86. The van der Waals surface area contributed by atoms with Crippen molar-refractivity contribution in [3.8, 4) is 0 Å². The van der Waals surface area contributed by atoms with E-state index in [4.69, 9.17) is 4.98 Å². The third-order valence-corrected chi connectivity index (χ3v) is 5.93. The highest BCUT2D eigenvalue weighted by Crippen LogP contribution is 2.33. The lowest BCUT2D eigenvalue weighted by atomic mass is 10.1. The van der Waals surface area contributed by atoms with Gasteiger partial charge in [-0.25, -0.2) is 4.98 Å². The van der Waals surface area contributed by atoms with Crippen LogP contribution in [-0.2, 0) is 6.54 Å². The summed E-state index contributed by atoms with van der Waals surface area (Å²) in [5.74, 6) is -0.0969. The van der Waals surface area contributed by atoms with Crippen molar-refractivity contribution in [3.05, 3.63) is 87.7 Å². The molecular formula is C22H18BrN3OS. The van der Waals surface area contributed by atoms with Crippen LogP contribution in [0.15, 0.2) is 65.3 Å². The average molecular weight is 452 g/mol. The summed E-state index contributed by atoms with van der Waals surface area (Å²) >= 11 is 4.99. The monoisotopic (exact) mass is 451 g/mol.